The number of hydrogen-bond acceptors (Lipinski definition) is 1. The zero-order valence-corrected chi connectivity index (χ0v) is 15.3. The third kappa shape index (κ3) is 4.55. The average molecular weight is 297 g/mol. The van der Waals surface area contributed by atoms with Crippen LogP contribution in [0.1, 0.15) is 73.1 Å². The first kappa shape index (κ1) is 18.1. The Morgan fingerprint density at radius 3 is 2.35 bits per heavy atom. The molecule has 118 valence electrons. The van der Waals surface area contributed by atoms with Crippen molar-refractivity contribution in [2.24, 2.45) is 29.6 Å². The molecule has 0 aromatic carbocycles. The van der Waals surface area contributed by atoms with Gasteiger partial charge in [0.15, 0.2) is 0 Å². The molecule has 0 amide bonds. The van der Waals surface area contributed by atoms with Gasteiger partial charge in [-0.2, -0.15) is 12.6 Å². The average Bonchev–Trinajstić information content (AvgIpc) is 2.78. The van der Waals surface area contributed by atoms with E-state index < -0.39 is 0 Å². The Labute approximate surface area is 133 Å². The number of allylic oxidation sites excluding steroid dienone is 1. The molecule has 6 unspecified atom stereocenters. The van der Waals surface area contributed by atoms with Crippen molar-refractivity contribution in [2.45, 2.75) is 78.4 Å². The van der Waals surface area contributed by atoms with Crippen LogP contribution in [0.3, 0.4) is 0 Å². The minimum atomic E-state index is 0.628. The lowest BCUT2D eigenvalue weighted by Gasteiger charge is -2.33. The number of hydrogen-bond donors (Lipinski definition) is 1. The summed E-state index contributed by atoms with van der Waals surface area (Å²) >= 11 is 4.95. The Morgan fingerprint density at radius 2 is 1.85 bits per heavy atom. The fraction of sp³-hybridized carbons (Fsp3) is 0.895. The lowest BCUT2D eigenvalue weighted by molar-refractivity contribution is 0.202. The lowest BCUT2D eigenvalue weighted by Crippen LogP contribution is -2.28. The summed E-state index contributed by atoms with van der Waals surface area (Å²) in [5, 5.41) is 0.628. The summed E-state index contributed by atoms with van der Waals surface area (Å²) in [6.45, 7) is 16.2. The third-order valence-electron chi connectivity index (χ3n) is 5.93. The first-order chi connectivity index (χ1) is 9.42. The van der Waals surface area contributed by atoms with Crippen molar-refractivity contribution in [3.05, 3.63) is 12.2 Å². The van der Waals surface area contributed by atoms with E-state index in [9.17, 15) is 0 Å². The predicted octanol–water partition coefficient (Wildman–Crippen LogP) is 6.38. The van der Waals surface area contributed by atoms with E-state index in [1.54, 1.807) is 0 Å². The van der Waals surface area contributed by atoms with Gasteiger partial charge in [0.25, 0.3) is 0 Å². The van der Waals surface area contributed by atoms with Crippen molar-refractivity contribution in [1.29, 1.82) is 0 Å². The van der Waals surface area contributed by atoms with Crippen LogP contribution in [0, 0.1) is 29.6 Å². The van der Waals surface area contributed by atoms with Gasteiger partial charge in [0.05, 0.1) is 0 Å². The molecule has 0 bridgehead atoms. The molecule has 0 saturated heterocycles. The molecule has 20 heavy (non-hydrogen) atoms. The topological polar surface area (TPSA) is 0 Å². The summed E-state index contributed by atoms with van der Waals surface area (Å²) in [7, 11) is 0. The van der Waals surface area contributed by atoms with E-state index >= 15 is 0 Å². The van der Waals surface area contributed by atoms with E-state index in [0.29, 0.717) is 5.25 Å². The Kier molecular flexibility index (Phi) is 7.72. The van der Waals surface area contributed by atoms with Crippen LogP contribution in [0.15, 0.2) is 12.2 Å². The van der Waals surface area contributed by atoms with Gasteiger partial charge < -0.3 is 0 Å². The summed E-state index contributed by atoms with van der Waals surface area (Å²) in [6, 6.07) is 0. The fourth-order valence-electron chi connectivity index (χ4n) is 4.12. The first-order valence-corrected chi connectivity index (χ1v) is 9.28. The van der Waals surface area contributed by atoms with E-state index in [1.807, 2.05) is 0 Å². The second kappa shape index (κ2) is 8.51. The summed E-state index contributed by atoms with van der Waals surface area (Å²) in [6.07, 6.45) is 7.72. The maximum Gasteiger partial charge on any atom is 0.00758 e. The van der Waals surface area contributed by atoms with Crippen molar-refractivity contribution < 1.29 is 0 Å². The largest absolute Gasteiger partial charge is 0.175 e. The highest BCUT2D eigenvalue weighted by Gasteiger charge is 2.38. The lowest BCUT2D eigenvalue weighted by atomic mass is 9.74. The standard InChI is InChI=1S/C19H36S/c1-7-9-13(3)12-14(4)15(5)16(6)18-11-10-17(8-2)19(18)20/h14-20H,3,7-12H2,1-2,4-6H3. The maximum absolute atomic E-state index is 4.95. The molecule has 0 spiro atoms. The van der Waals surface area contributed by atoms with Gasteiger partial charge in [-0.15, -0.1) is 0 Å². The smallest absolute Gasteiger partial charge is 0.00758 e. The highest BCUT2D eigenvalue weighted by Crippen LogP contribution is 2.44. The van der Waals surface area contributed by atoms with Gasteiger partial charge in [0.1, 0.15) is 0 Å². The van der Waals surface area contributed by atoms with Gasteiger partial charge in [-0.25, -0.2) is 0 Å². The zero-order chi connectivity index (χ0) is 15.3. The minimum Gasteiger partial charge on any atom is -0.175 e. The Bertz CT molecular complexity index is 296. The van der Waals surface area contributed by atoms with E-state index in [1.165, 1.54) is 44.1 Å². The molecule has 0 heterocycles. The van der Waals surface area contributed by atoms with Crippen LogP contribution in [0.4, 0.5) is 0 Å². The molecule has 1 saturated carbocycles. The van der Waals surface area contributed by atoms with Crippen molar-refractivity contribution in [3.8, 4) is 0 Å². The molecule has 0 nitrogen and oxygen atoms in total. The molecule has 0 N–H and O–H groups in total. The van der Waals surface area contributed by atoms with E-state index in [0.717, 1.165) is 29.6 Å². The molecule has 1 aliphatic carbocycles. The van der Waals surface area contributed by atoms with Gasteiger partial charge >= 0.3 is 0 Å². The maximum atomic E-state index is 4.95. The van der Waals surface area contributed by atoms with Gasteiger partial charge in [0, 0.05) is 5.25 Å². The summed E-state index contributed by atoms with van der Waals surface area (Å²) in [5.41, 5.74) is 1.44. The van der Waals surface area contributed by atoms with Gasteiger partial charge in [-0.1, -0.05) is 59.6 Å². The molecule has 0 aliphatic heterocycles. The SMILES string of the molecule is C=C(CCC)CC(C)C(C)C(C)C1CCC(CC)C1S. The van der Waals surface area contributed by atoms with E-state index in [2.05, 4.69) is 41.2 Å². The fourth-order valence-corrected chi connectivity index (χ4v) is 4.90. The molecular weight excluding hydrogens is 260 g/mol. The summed E-state index contributed by atoms with van der Waals surface area (Å²) in [5.74, 6) is 3.99. The summed E-state index contributed by atoms with van der Waals surface area (Å²) in [4.78, 5) is 0. The van der Waals surface area contributed by atoms with Crippen LogP contribution in [0.5, 0.6) is 0 Å². The van der Waals surface area contributed by atoms with Crippen LogP contribution in [-0.2, 0) is 0 Å². The van der Waals surface area contributed by atoms with E-state index in [-0.39, 0.29) is 0 Å². The highest BCUT2D eigenvalue weighted by atomic mass is 32.1. The Hall–Kier alpha value is 0.0900. The molecule has 0 aromatic rings. The molecule has 1 rings (SSSR count). The quantitative estimate of drug-likeness (QED) is 0.390. The van der Waals surface area contributed by atoms with Crippen molar-refractivity contribution in [2.75, 3.05) is 0 Å². The van der Waals surface area contributed by atoms with Crippen molar-refractivity contribution in [3.63, 3.8) is 0 Å². The van der Waals surface area contributed by atoms with E-state index in [4.69, 9.17) is 12.6 Å². The molecule has 0 aromatic heterocycles. The number of thiol groups is 1. The normalized spacial score (nSPS) is 31.0. The molecule has 6 atom stereocenters. The highest BCUT2D eigenvalue weighted by molar-refractivity contribution is 7.81. The Morgan fingerprint density at radius 1 is 1.20 bits per heavy atom. The second-order valence-corrected chi connectivity index (χ2v) is 7.90. The van der Waals surface area contributed by atoms with Crippen LogP contribution < -0.4 is 0 Å². The third-order valence-corrected chi connectivity index (χ3v) is 6.74. The Balaban J connectivity index is 2.53. The number of rotatable bonds is 8. The van der Waals surface area contributed by atoms with Crippen molar-refractivity contribution in [1.82, 2.24) is 0 Å². The molecule has 1 fully saturated rings. The van der Waals surface area contributed by atoms with Gasteiger partial charge in [-0.3, -0.25) is 0 Å². The van der Waals surface area contributed by atoms with Crippen LogP contribution >= 0.6 is 12.6 Å². The molecule has 0 radical (unpaired) electrons. The first-order valence-electron chi connectivity index (χ1n) is 8.76. The molecular formula is C19H36S. The monoisotopic (exact) mass is 296 g/mol. The van der Waals surface area contributed by atoms with Crippen LogP contribution in [-0.4, -0.2) is 5.25 Å². The van der Waals surface area contributed by atoms with Crippen molar-refractivity contribution >= 4 is 12.6 Å². The molecule has 1 aliphatic rings. The van der Waals surface area contributed by atoms with Gasteiger partial charge in [-0.05, 0) is 55.3 Å². The predicted molar refractivity (Wildman–Crippen MR) is 95.4 cm³/mol. The van der Waals surface area contributed by atoms with Crippen LogP contribution in [0.2, 0.25) is 0 Å². The van der Waals surface area contributed by atoms with Gasteiger partial charge in [0.2, 0.25) is 0 Å². The summed E-state index contributed by atoms with van der Waals surface area (Å²) < 4.78 is 0. The minimum absolute atomic E-state index is 0.628. The zero-order valence-electron chi connectivity index (χ0n) is 14.4. The second-order valence-electron chi connectivity index (χ2n) is 7.30. The van der Waals surface area contributed by atoms with Crippen LogP contribution in [0.25, 0.3) is 0 Å². The molecule has 1 heteroatoms.